The van der Waals surface area contributed by atoms with Gasteiger partial charge in [0.1, 0.15) is 11.7 Å². The van der Waals surface area contributed by atoms with E-state index in [-0.39, 0.29) is 29.7 Å². The van der Waals surface area contributed by atoms with Crippen LogP contribution in [-0.4, -0.2) is 34.5 Å². The van der Waals surface area contributed by atoms with Crippen LogP contribution >= 0.6 is 0 Å². The summed E-state index contributed by atoms with van der Waals surface area (Å²) in [6.45, 7) is 10.0. The van der Waals surface area contributed by atoms with Gasteiger partial charge >= 0.3 is 5.97 Å². The number of carbonyl (C=O) groups is 1. The van der Waals surface area contributed by atoms with Gasteiger partial charge in [-0.05, 0) is 57.8 Å². The quantitative estimate of drug-likeness (QED) is 0.756. The number of ether oxygens (including phenoxy) is 2. The van der Waals surface area contributed by atoms with E-state index in [0.29, 0.717) is 17.8 Å². The lowest BCUT2D eigenvalue weighted by Crippen LogP contribution is -2.60. The molecule has 21 heavy (non-hydrogen) atoms. The molecule has 4 fully saturated rings. The summed E-state index contributed by atoms with van der Waals surface area (Å²) in [6, 6.07) is 0. The van der Waals surface area contributed by atoms with Crippen LogP contribution in [0.1, 0.15) is 53.9 Å². The van der Waals surface area contributed by atoms with Gasteiger partial charge in [-0.15, -0.1) is 0 Å². The number of hydrogen-bond donors (Lipinski definition) is 1. The predicted molar refractivity (Wildman–Crippen MR) is 78.6 cm³/mol. The van der Waals surface area contributed by atoms with E-state index in [9.17, 15) is 9.90 Å². The molecular formula is C17H28O4. The lowest BCUT2D eigenvalue weighted by Gasteiger charge is -2.51. The standard InChI is InChI=1S/C17H28O4/c1-9-6-13(19)15-12(9)7-11-8-14(20-10(2)18)17(15,5)21-16(11,3)4/h9,11-15,19H,6-8H2,1-5H3/t9-,11-,12-,13-,14+,15?,17-/m1/s1. The van der Waals surface area contributed by atoms with Gasteiger partial charge < -0.3 is 14.6 Å². The second-order valence-electron chi connectivity index (χ2n) is 8.13. The van der Waals surface area contributed by atoms with Gasteiger partial charge in [-0.3, -0.25) is 4.79 Å². The zero-order valence-electron chi connectivity index (χ0n) is 13.8. The van der Waals surface area contributed by atoms with Gasteiger partial charge in [-0.25, -0.2) is 0 Å². The molecule has 2 bridgehead atoms. The number of hydrogen-bond acceptors (Lipinski definition) is 4. The van der Waals surface area contributed by atoms with E-state index in [4.69, 9.17) is 9.47 Å². The van der Waals surface area contributed by atoms with E-state index in [1.807, 2.05) is 6.92 Å². The van der Waals surface area contributed by atoms with Gasteiger partial charge in [0.25, 0.3) is 0 Å². The molecule has 4 aliphatic rings. The van der Waals surface area contributed by atoms with Crippen LogP contribution in [0.4, 0.5) is 0 Å². The van der Waals surface area contributed by atoms with Crippen LogP contribution in [0, 0.1) is 23.7 Å². The predicted octanol–water partition coefficient (Wildman–Crippen LogP) is 2.53. The SMILES string of the molecule is CC(=O)O[C@H]1C[C@H]2C[C@H]3C([C@H](O)C[C@H]3C)[C@]1(C)OC2(C)C. The van der Waals surface area contributed by atoms with Gasteiger partial charge in [-0.2, -0.15) is 0 Å². The first-order chi connectivity index (χ1) is 9.65. The molecule has 0 amide bonds. The fourth-order valence-corrected chi connectivity index (χ4v) is 5.38. The fraction of sp³-hybridized carbons (Fsp3) is 0.941. The van der Waals surface area contributed by atoms with E-state index >= 15 is 0 Å². The highest BCUT2D eigenvalue weighted by Crippen LogP contribution is 2.59. The number of fused-ring (bicyclic) bond motifs is 2. The van der Waals surface area contributed by atoms with Crippen molar-refractivity contribution in [1.82, 2.24) is 0 Å². The molecule has 120 valence electrons. The summed E-state index contributed by atoms with van der Waals surface area (Å²) in [5.41, 5.74) is -0.813. The maximum Gasteiger partial charge on any atom is 0.303 e. The van der Waals surface area contributed by atoms with Gasteiger partial charge in [-0.1, -0.05) is 6.92 Å². The first kappa shape index (κ1) is 15.3. The second kappa shape index (κ2) is 4.69. The summed E-state index contributed by atoms with van der Waals surface area (Å²) < 4.78 is 12.1. The Hall–Kier alpha value is -0.610. The van der Waals surface area contributed by atoms with Gasteiger partial charge in [0, 0.05) is 12.8 Å². The zero-order chi connectivity index (χ0) is 15.6. The minimum atomic E-state index is -0.586. The van der Waals surface area contributed by atoms with Crippen LogP contribution in [0.3, 0.4) is 0 Å². The normalized spacial score (nSPS) is 51.3. The number of aliphatic hydroxyl groups is 1. The van der Waals surface area contributed by atoms with Crippen LogP contribution in [0.15, 0.2) is 0 Å². The minimum Gasteiger partial charge on any atom is -0.459 e. The molecule has 2 aliphatic heterocycles. The average Bonchev–Trinajstić information content (AvgIpc) is 2.47. The summed E-state index contributed by atoms with van der Waals surface area (Å²) in [4.78, 5) is 11.5. The van der Waals surface area contributed by atoms with Crippen LogP contribution in [-0.2, 0) is 14.3 Å². The van der Waals surface area contributed by atoms with E-state index in [1.165, 1.54) is 6.92 Å². The molecule has 2 saturated heterocycles. The summed E-state index contributed by atoms with van der Waals surface area (Å²) in [7, 11) is 0. The van der Waals surface area contributed by atoms with Crippen molar-refractivity contribution in [2.75, 3.05) is 0 Å². The summed E-state index contributed by atoms with van der Waals surface area (Å²) >= 11 is 0. The van der Waals surface area contributed by atoms with Crippen LogP contribution in [0.25, 0.3) is 0 Å². The molecule has 2 saturated carbocycles. The Kier molecular flexibility index (Phi) is 3.42. The fourth-order valence-electron chi connectivity index (χ4n) is 5.38. The third kappa shape index (κ3) is 2.22. The van der Waals surface area contributed by atoms with Crippen LogP contribution in [0.5, 0.6) is 0 Å². The molecule has 4 heteroatoms. The first-order valence-corrected chi connectivity index (χ1v) is 8.20. The van der Waals surface area contributed by atoms with Crippen molar-refractivity contribution in [2.45, 2.75) is 77.3 Å². The van der Waals surface area contributed by atoms with Crippen molar-refractivity contribution in [3.05, 3.63) is 0 Å². The molecule has 0 aromatic carbocycles. The van der Waals surface area contributed by atoms with E-state index in [0.717, 1.165) is 19.3 Å². The van der Waals surface area contributed by atoms with Gasteiger partial charge in [0.05, 0.1) is 11.7 Å². The highest BCUT2D eigenvalue weighted by atomic mass is 16.6. The van der Waals surface area contributed by atoms with E-state index in [1.54, 1.807) is 0 Å². The molecule has 0 aromatic heterocycles. The topological polar surface area (TPSA) is 55.8 Å². The maximum absolute atomic E-state index is 11.5. The second-order valence-corrected chi connectivity index (χ2v) is 8.13. The molecule has 1 unspecified atom stereocenters. The molecule has 7 atom stereocenters. The Morgan fingerprint density at radius 3 is 2.52 bits per heavy atom. The Morgan fingerprint density at radius 1 is 1.24 bits per heavy atom. The van der Waals surface area contributed by atoms with Crippen LogP contribution < -0.4 is 0 Å². The molecule has 0 spiro atoms. The minimum absolute atomic E-state index is 0.0589. The highest BCUT2D eigenvalue weighted by Gasteiger charge is 2.64. The van der Waals surface area contributed by atoms with E-state index in [2.05, 4.69) is 20.8 Å². The molecule has 2 aliphatic carbocycles. The number of esters is 1. The third-order valence-electron chi connectivity index (χ3n) is 6.35. The zero-order valence-corrected chi connectivity index (χ0v) is 13.8. The molecule has 2 heterocycles. The average molecular weight is 296 g/mol. The lowest BCUT2D eigenvalue weighted by atomic mass is 9.75. The number of carbonyl (C=O) groups excluding carboxylic acids is 1. The van der Waals surface area contributed by atoms with Crippen LogP contribution in [0.2, 0.25) is 0 Å². The molecule has 1 N–H and O–H groups in total. The maximum atomic E-state index is 11.5. The summed E-state index contributed by atoms with van der Waals surface area (Å²) in [5, 5.41) is 10.6. The Labute approximate surface area is 127 Å². The summed E-state index contributed by atoms with van der Waals surface area (Å²) in [5.74, 6) is 1.13. The van der Waals surface area contributed by atoms with Crippen molar-refractivity contribution in [2.24, 2.45) is 23.7 Å². The Morgan fingerprint density at radius 2 is 1.90 bits per heavy atom. The largest absolute Gasteiger partial charge is 0.459 e. The number of rotatable bonds is 1. The third-order valence-corrected chi connectivity index (χ3v) is 6.35. The Balaban J connectivity index is 2.03. The monoisotopic (exact) mass is 296 g/mol. The van der Waals surface area contributed by atoms with E-state index < -0.39 is 5.60 Å². The van der Waals surface area contributed by atoms with Gasteiger partial charge in [0.15, 0.2) is 0 Å². The number of aliphatic hydroxyl groups excluding tert-OH is 1. The van der Waals surface area contributed by atoms with Crippen molar-refractivity contribution in [3.8, 4) is 0 Å². The molecule has 4 rings (SSSR count). The van der Waals surface area contributed by atoms with Crippen molar-refractivity contribution < 1.29 is 19.4 Å². The molecular weight excluding hydrogens is 268 g/mol. The van der Waals surface area contributed by atoms with Crippen molar-refractivity contribution in [1.29, 1.82) is 0 Å². The van der Waals surface area contributed by atoms with Gasteiger partial charge in [0.2, 0.25) is 0 Å². The molecule has 0 aromatic rings. The first-order valence-electron chi connectivity index (χ1n) is 8.20. The smallest absolute Gasteiger partial charge is 0.303 e. The van der Waals surface area contributed by atoms with Crippen molar-refractivity contribution >= 4 is 5.97 Å². The molecule has 0 radical (unpaired) electrons. The highest BCUT2D eigenvalue weighted by molar-refractivity contribution is 5.66. The van der Waals surface area contributed by atoms with Crippen molar-refractivity contribution in [3.63, 3.8) is 0 Å². The lowest BCUT2D eigenvalue weighted by molar-refractivity contribution is -0.261. The molecule has 4 nitrogen and oxygen atoms in total. The summed E-state index contributed by atoms with van der Waals surface area (Å²) in [6.07, 6.45) is 2.12. The Bertz CT molecular complexity index is 446.